The lowest BCUT2D eigenvalue weighted by Gasteiger charge is -2.08. The molecular weight excluding hydrogens is 268 g/mol. The third-order valence-electron chi connectivity index (χ3n) is 2.90. The van der Waals surface area contributed by atoms with Crippen LogP contribution in [-0.4, -0.2) is 4.98 Å². The van der Waals surface area contributed by atoms with Gasteiger partial charge in [0, 0.05) is 16.3 Å². The molecule has 0 amide bonds. The van der Waals surface area contributed by atoms with Crippen LogP contribution in [0.3, 0.4) is 0 Å². The van der Waals surface area contributed by atoms with Crippen LogP contribution in [0.2, 0.25) is 5.02 Å². The highest BCUT2D eigenvalue weighted by molar-refractivity contribution is 6.37. The second-order valence-electron chi connectivity index (χ2n) is 4.12. The second kappa shape index (κ2) is 4.59. The van der Waals surface area contributed by atoms with E-state index in [0.717, 1.165) is 0 Å². The number of nitrogens with zero attached hydrogens (tertiary/aromatic N) is 1. The molecule has 0 radical (unpaired) electrons. The van der Waals surface area contributed by atoms with E-state index in [0.29, 0.717) is 21.4 Å². The lowest BCUT2D eigenvalue weighted by atomic mass is 10.1. The summed E-state index contributed by atoms with van der Waals surface area (Å²) in [6.07, 6.45) is 0. The summed E-state index contributed by atoms with van der Waals surface area (Å²) in [5, 5.41) is 1.24. The van der Waals surface area contributed by atoms with Gasteiger partial charge >= 0.3 is 0 Å². The maximum atomic E-state index is 13.9. The van der Waals surface area contributed by atoms with Crippen molar-refractivity contribution in [1.82, 2.24) is 4.98 Å². The summed E-state index contributed by atoms with van der Waals surface area (Å²) in [5.74, 6) is -1.02. The van der Waals surface area contributed by atoms with Crippen molar-refractivity contribution in [3.05, 3.63) is 65.3 Å². The Kier molecular flexibility index (Phi) is 2.91. The molecule has 0 bridgehead atoms. The van der Waals surface area contributed by atoms with Gasteiger partial charge < -0.3 is 0 Å². The van der Waals surface area contributed by atoms with Gasteiger partial charge in [0.25, 0.3) is 0 Å². The fraction of sp³-hybridized carbons (Fsp3) is 0. The van der Waals surface area contributed by atoms with Crippen LogP contribution in [0.4, 0.5) is 8.78 Å². The number of fused-ring (bicyclic) bond motifs is 1. The first-order valence-corrected chi connectivity index (χ1v) is 6.04. The van der Waals surface area contributed by atoms with Gasteiger partial charge in [0.1, 0.15) is 5.82 Å². The third kappa shape index (κ3) is 2.06. The molecule has 0 aliphatic rings. The number of hydrogen-bond acceptors (Lipinski definition) is 1. The van der Waals surface area contributed by atoms with Gasteiger partial charge in [-0.2, -0.15) is 4.39 Å². The maximum Gasteiger partial charge on any atom is 0.221 e. The Morgan fingerprint density at radius 3 is 2.37 bits per heavy atom. The standard InChI is InChI=1S/C15H8ClF2N/c16-13-11-6-1-2-7-12(11)15(18)19-14(13)9-4-3-5-10(17)8-9/h1-8H. The molecule has 2 aromatic carbocycles. The highest BCUT2D eigenvalue weighted by Crippen LogP contribution is 2.33. The van der Waals surface area contributed by atoms with E-state index in [1.807, 2.05) is 0 Å². The van der Waals surface area contributed by atoms with E-state index in [4.69, 9.17) is 11.6 Å². The van der Waals surface area contributed by atoms with Crippen molar-refractivity contribution in [2.45, 2.75) is 0 Å². The smallest absolute Gasteiger partial charge is 0.218 e. The summed E-state index contributed by atoms with van der Waals surface area (Å²) in [6.45, 7) is 0. The van der Waals surface area contributed by atoms with Gasteiger partial charge in [0.2, 0.25) is 5.95 Å². The number of hydrogen-bond donors (Lipinski definition) is 0. The zero-order valence-corrected chi connectivity index (χ0v) is 10.5. The molecule has 0 N–H and O–H groups in total. The molecule has 0 aliphatic carbocycles. The van der Waals surface area contributed by atoms with Gasteiger partial charge in [-0.15, -0.1) is 0 Å². The zero-order chi connectivity index (χ0) is 13.4. The van der Waals surface area contributed by atoms with Crippen LogP contribution in [0.15, 0.2) is 48.5 Å². The molecule has 19 heavy (non-hydrogen) atoms. The number of benzene rings is 2. The largest absolute Gasteiger partial charge is 0.221 e. The van der Waals surface area contributed by atoms with E-state index in [1.165, 1.54) is 18.2 Å². The first kappa shape index (κ1) is 12.1. The summed E-state index contributed by atoms with van der Waals surface area (Å²) in [6, 6.07) is 12.6. The molecule has 3 rings (SSSR count). The Morgan fingerprint density at radius 2 is 1.63 bits per heavy atom. The summed E-state index contributed by atoms with van der Waals surface area (Å²) < 4.78 is 27.2. The van der Waals surface area contributed by atoms with Gasteiger partial charge in [-0.1, -0.05) is 41.9 Å². The van der Waals surface area contributed by atoms with Gasteiger partial charge in [0.15, 0.2) is 0 Å². The van der Waals surface area contributed by atoms with Crippen molar-refractivity contribution in [3.63, 3.8) is 0 Å². The molecule has 0 aliphatic heterocycles. The SMILES string of the molecule is Fc1cccc(-c2nc(F)c3ccccc3c2Cl)c1. The predicted molar refractivity (Wildman–Crippen MR) is 72.1 cm³/mol. The highest BCUT2D eigenvalue weighted by Gasteiger charge is 2.13. The van der Waals surface area contributed by atoms with Crippen LogP contribution in [0.25, 0.3) is 22.0 Å². The van der Waals surface area contributed by atoms with E-state index >= 15 is 0 Å². The normalized spacial score (nSPS) is 10.9. The lowest BCUT2D eigenvalue weighted by Crippen LogP contribution is -1.93. The zero-order valence-electron chi connectivity index (χ0n) is 9.70. The van der Waals surface area contributed by atoms with Crippen LogP contribution in [0.1, 0.15) is 0 Å². The first-order valence-electron chi connectivity index (χ1n) is 5.66. The molecule has 0 saturated heterocycles. The van der Waals surface area contributed by atoms with Gasteiger partial charge in [-0.25, -0.2) is 9.37 Å². The molecule has 0 atom stereocenters. The van der Waals surface area contributed by atoms with E-state index in [2.05, 4.69) is 4.98 Å². The van der Waals surface area contributed by atoms with Crippen molar-refractivity contribution >= 4 is 22.4 Å². The van der Waals surface area contributed by atoms with Crippen LogP contribution >= 0.6 is 11.6 Å². The van der Waals surface area contributed by atoms with Crippen LogP contribution in [0, 0.1) is 11.8 Å². The number of aromatic nitrogens is 1. The van der Waals surface area contributed by atoms with E-state index in [9.17, 15) is 8.78 Å². The van der Waals surface area contributed by atoms with E-state index in [-0.39, 0.29) is 5.69 Å². The lowest BCUT2D eigenvalue weighted by molar-refractivity contribution is 0.598. The number of halogens is 3. The molecular formula is C15H8ClF2N. The van der Waals surface area contributed by atoms with E-state index in [1.54, 1.807) is 30.3 Å². The van der Waals surface area contributed by atoms with Gasteiger partial charge in [0.05, 0.1) is 10.7 Å². The summed E-state index contributed by atoms with van der Waals surface area (Å²) in [7, 11) is 0. The topological polar surface area (TPSA) is 12.9 Å². The molecule has 0 unspecified atom stereocenters. The van der Waals surface area contributed by atoms with Crippen molar-refractivity contribution in [2.24, 2.45) is 0 Å². The van der Waals surface area contributed by atoms with Crippen LogP contribution < -0.4 is 0 Å². The van der Waals surface area contributed by atoms with E-state index < -0.39 is 11.8 Å². The highest BCUT2D eigenvalue weighted by atomic mass is 35.5. The minimum absolute atomic E-state index is 0.248. The Labute approximate surface area is 113 Å². The molecule has 1 heterocycles. The molecule has 0 fully saturated rings. The van der Waals surface area contributed by atoms with Gasteiger partial charge in [-0.3, -0.25) is 0 Å². The molecule has 1 nitrogen and oxygen atoms in total. The summed E-state index contributed by atoms with van der Waals surface area (Å²) in [4.78, 5) is 3.85. The minimum Gasteiger partial charge on any atom is -0.218 e. The monoisotopic (exact) mass is 275 g/mol. The fourth-order valence-electron chi connectivity index (χ4n) is 2.02. The summed E-state index contributed by atoms with van der Waals surface area (Å²) in [5.41, 5.74) is 0.701. The third-order valence-corrected chi connectivity index (χ3v) is 3.28. The Balaban J connectivity index is 2.34. The summed E-state index contributed by atoms with van der Waals surface area (Å²) >= 11 is 6.25. The fourth-order valence-corrected chi connectivity index (χ4v) is 2.33. The quantitative estimate of drug-likeness (QED) is 0.580. The van der Waals surface area contributed by atoms with Crippen LogP contribution in [0.5, 0.6) is 0 Å². The molecule has 0 saturated carbocycles. The Hall–Kier alpha value is -2.00. The minimum atomic E-state index is -0.612. The number of pyridine rings is 1. The van der Waals surface area contributed by atoms with Crippen molar-refractivity contribution < 1.29 is 8.78 Å². The Bertz CT molecular complexity index is 771. The van der Waals surface area contributed by atoms with Crippen molar-refractivity contribution in [1.29, 1.82) is 0 Å². The second-order valence-corrected chi connectivity index (χ2v) is 4.50. The van der Waals surface area contributed by atoms with Gasteiger partial charge in [-0.05, 0) is 18.2 Å². The molecule has 3 aromatic rings. The Morgan fingerprint density at radius 1 is 0.895 bits per heavy atom. The molecule has 4 heteroatoms. The number of rotatable bonds is 1. The average Bonchev–Trinajstić information content (AvgIpc) is 2.43. The van der Waals surface area contributed by atoms with Crippen molar-refractivity contribution in [2.75, 3.05) is 0 Å². The predicted octanol–water partition coefficient (Wildman–Crippen LogP) is 4.83. The molecule has 0 spiro atoms. The molecule has 1 aromatic heterocycles. The van der Waals surface area contributed by atoms with Crippen LogP contribution in [-0.2, 0) is 0 Å². The first-order chi connectivity index (χ1) is 9.16. The average molecular weight is 276 g/mol. The maximum absolute atomic E-state index is 13.9. The molecule has 94 valence electrons. The van der Waals surface area contributed by atoms with Crippen molar-refractivity contribution in [3.8, 4) is 11.3 Å².